The Kier molecular flexibility index (Phi) is 13.4. The first-order chi connectivity index (χ1) is 23.0. The van der Waals surface area contributed by atoms with Crippen LogP contribution in [0.2, 0.25) is 5.02 Å². The number of fused-ring (bicyclic) bond motifs is 1. The first-order valence-electron chi connectivity index (χ1n) is 16.7. The molecule has 1 aliphatic rings. The third kappa shape index (κ3) is 9.49. The molecule has 0 amide bonds. The lowest BCUT2D eigenvalue weighted by atomic mass is 10.00. The average Bonchev–Trinajstić information content (AvgIpc) is 3.76. The Hall–Kier alpha value is -3.13. The number of benzene rings is 3. The smallest absolute Gasteiger partial charge is 0.142 e. The zero-order chi connectivity index (χ0) is 33.0. The number of nitrogens with zero attached hydrogens (tertiary/aromatic N) is 4. The minimum atomic E-state index is -0.0670. The van der Waals surface area contributed by atoms with Crippen LogP contribution in [0.1, 0.15) is 63.0 Å². The minimum absolute atomic E-state index is 0.0308. The number of unbranched alkanes of at least 4 members (excludes halogenated alkanes) is 3. The lowest BCUT2D eigenvalue weighted by molar-refractivity contribution is 0.249. The quantitative estimate of drug-likeness (QED) is 0.100. The monoisotopic (exact) mass is 721 g/mol. The van der Waals surface area contributed by atoms with Crippen molar-refractivity contribution in [3.63, 3.8) is 0 Å². The molecular weight excluding hydrogens is 678 g/mol. The van der Waals surface area contributed by atoms with Gasteiger partial charge in [0.05, 0.1) is 36.0 Å². The molecule has 0 aliphatic carbocycles. The molecule has 1 unspecified atom stereocenters. The van der Waals surface area contributed by atoms with Gasteiger partial charge >= 0.3 is 0 Å². The van der Waals surface area contributed by atoms with Gasteiger partial charge in [-0.3, -0.25) is 4.68 Å². The fourth-order valence-electron chi connectivity index (χ4n) is 5.97. The molecule has 0 saturated carbocycles. The predicted molar refractivity (Wildman–Crippen MR) is 192 cm³/mol. The summed E-state index contributed by atoms with van der Waals surface area (Å²) in [7, 11) is 0. The maximum absolute atomic E-state index is 9.45. The second-order valence-corrected chi connectivity index (χ2v) is 13.4. The molecule has 250 valence electrons. The summed E-state index contributed by atoms with van der Waals surface area (Å²) in [4.78, 5) is 2.57. The number of aromatic nitrogens is 2. The first-order valence-corrected chi connectivity index (χ1v) is 17.9. The zero-order valence-electron chi connectivity index (χ0n) is 27.2. The topological polar surface area (TPSA) is 95.6 Å². The fourth-order valence-corrected chi connectivity index (χ4v) is 6.80. The van der Waals surface area contributed by atoms with Crippen molar-refractivity contribution in [1.29, 1.82) is 5.26 Å². The van der Waals surface area contributed by atoms with Gasteiger partial charge in [0.15, 0.2) is 0 Å². The summed E-state index contributed by atoms with van der Waals surface area (Å²) in [5, 5.41) is 28.0. The molecule has 1 aliphatic heterocycles. The number of halogens is 2. The molecule has 1 aromatic heterocycles. The number of hydrogen-bond donors (Lipinski definition) is 2. The van der Waals surface area contributed by atoms with Crippen molar-refractivity contribution in [2.24, 2.45) is 0 Å². The van der Waals surface area contributed by atoms with Crippen LogP contribution in [0.25, 0.3) is 22.0 Å². The van der Waals surface area contributed by atoms with E-state index in [2.05, 4.69) is 67.2 Å². The zero-order valence-corrected chi connectivity index (χ0v) is 29.5. The Morgan fingerprint density at radius 3 is 2.60 bits per heavy atom. The van der Waals surface area contributed by atoms with Gasteiger partial charge in [0, 0.05) is 52.6 Å². The van der Waals surface area contributed by atoms with Gasteiger partial charge in [0.25, 0.3) is 0 Å². The minimum Gasteiger partial charge on any atom is -0.493 e. The highest BCUT2D eigenvalue weighted by Gasteiger charge is 2.17. The lowest BCUT2D eigenvalue weighted by Gasteiger charge is -2.18. The number of hydrogen-bond acceptors (Lipinski definition) is 7. The molecule has 2 N–H and O–H groups in total. The number of ether oxygens (including phenoxy) is 2. The standard InChI is InChI=1S/C37H45BrClN5O3/c1-27(25-45)41-23-29-21-33(39)36(22-35(29)46-20-8-2-3-15-40)47-26-28-11-9-13-31(37(28)38)30-12-10-14-34-32(30)24-42-44(34)19-7-6-18-43-16-4-5-17-43/h9-14,21-22,24,27,41,45H,2-8,16-20,23,25-26H2,1H3. The largest absolute Gasteiger partial charge is 0.493 e. The number of nitriles is 1. The predicted octanol–water partition coefficient (Wildman–Crippen LogP) is 8.12. The van der Waals surface area contributed by atoms with Crippen molar-refractivity contribution in [2.45, 2.75) is 77.6 Å². The molecular formula is C37H45BrClN5O3. The van der Waals surface area contributed by atoms with Crippen LogP contribution in [0.15, 0.2) is 59.2 Å². The van der Waals surface area contributed by atoms with E-state index in [0.717, 1.165) is 63.4 Å². The van der Waals surface area contributed by atoms with Crippen LogP contribution in [0, 0.1) is 11.3 Å². The molecule has 1 saturated heterocycles. The van der Waals surface area contributed by atoms with Gasteiger partial charge in [-0.2, -0.15) is 10.4 Å². The Labute approximate surface area is 291 Å². The molecule has 0 radical (unpaired) electrons. The van der Waals surface area contributed by atoms with E-state index in [-0.39, 0.29) is 12.6 Å². The molecule has 10 heteroatoms. The van der Waals surface area contributed by atoms with Crippen molar-refractivity contribution >= 4 is 38.4 Å². The fraction of sp³-hybridized carbons (Fsp3) is 0.459. The van der Waals surface area contributed by atoms with Gasteiger partial charge in [-0.05, 0) is 104 Å². The summed E-state index contributed by atoms with van der Waals surface area (Å²) in [6.45, 7) is 7.81. The second kappa shape index (κ2) is 17.9. The third-order valence-electron chi connectivity index (χ3n) is 8.70. The molecule has 8 nitrogen and oxygen atoms in total. The molecule has 0 bridgehead atoms. The van der Waals surface area contributed by atoms with E-state index in [1.165, 1.54) is 38.9 Å². The van der Waals surface area contributed by atoms with Crippen molar-refractivity contribution in [3.05, 3.63) is 75.4 Å². The number of likely N-dealkylation sites (tertiary alicyclic amines) is 1. The van der Waals surface area contributed by atoms with Gasteiger partial charge < -0.3 is 24.8 Å². The van der Waals surface area contributed by atoms with Gasteiger partial charge in [-0.25, -0.2) is 0 Å². The van der Waals surface area contributed by atoms with E-state index in [4.69, 9.17) is 31.4 Å². The van der Waals surface area contributed by atoms with Crippen LogP contribution in [-0.4, -0.2) is 58.7 Å². The average molecular weight is 723 g/mol. The number of aliphatic hydroxyl groups is 1. The number of aliphatic hydroxyl groups excluding tert-OH is 1. The third-order valence-corrected chi connectivity index (χ3v) is 9.93. The van der Waals surface area contributed by atoms with Crippen molar-refractivity contribution in [2.75, 3.05) is 32.8 Å². The molecule has 47 heavy (non-hydrogen) atoms. The highest BCUT2D eigenvalue weighted by molar-refractivity contribution is 9.10. The van der Waals surface area contributed by atoms with Crippen LogP contribution in [-0.2, 0) is 19.7 Å². The number of aryl methyl sites for hydroxylation is 1. The van der Waals surface area contributed by atoms with E-state index in [9.17, 15) is 5.11 Å². The van der Waals surface area contributed by atoms with Crippen molar-refractivity contribution < 1.29 is 14.6 Å². The Balaban J connectivity index is 1.29. The van der Waals surface area contributed by atoms with E-state index in [1.807, 2.05) is 31.3 Å². The number of rotatable bonds is 18. The normalized spacial score (nSPS) is 14.0. The van der Waals surface area contributed by atoms with Crippen LogP contribution in [0.3, 0.4) is 0 Å². The Bertz CT molecular complexity index is 1650. The molecule has 4 aromatic rings. The molecule has 2 heterocycles. The van der Waals surface area contributed by atoms with Crippen LogP contribution < -0.4 is 14.8 Å². The van der Waals surface area contributed by atoms with E-state index in [0.29, 0.717) is 42.7 Å². The van der Waals surface area contributed by atoms with E-state index >= 15 is 0 Å². The molecule has 0 spiro atoms. The summed E-state index contributed by atoms with van der Waals surface area (Å²) >= 11 is 10.6. The maximum atomic E-state index is 9.45. The summed E-state index contributed by atoms with van der Waals surface area (Å²) in [5.74, 6) is 1.20. The maximum Gasteiger partial charge on any atom is 0.142 e. The van der Waals surface area contributed by atoms with Crippen LogP contribution in [0.4, 0.5) is 0 Å². The van der Waals surface area contributed by atoms with Gasteiger partial charge in [-0.15, -0.1) is 0 Å². The van der Waals surface area contributed by atoms with Crippen molar-refractivity contribution in [3.8, 4) is 28.7 Å². The SMILES string of the molecule is CC(CO)NCc1cc(Cl)c(OCc2cccc(-c3cccc4c3cnn4CCCCN3CCCC3)c2Br)cc1OCCCCC#N. The van der Waals surface area contributed by atoms with Gasteiger partial charge in [0.2, 0.25) is 0 Å². The molecule has 1 atom stereocenters. The van der Waals surface area contributed by atoms with Crippen LogP contribution >= 0.6 is 27.5 Å². The molecule has 1 fully saturated rings. The Morgan fingerprint density at radius 2 is 1.79 bits per heavy atom. The van der Waals surface area contributed by atoms with E-state index < -0.39 is 0 Å². The molecule has 3 aromatic carbocycles. The highest BCUT2D eigenvalue weighted by atomic mass is 79.9. The summed E-state index contributed by atoms with van der Waals surface area (Å²) in [5.41, 5.74) is 5.22. The summed E-state index contributed by atoms with van der Waals surface area (Å²) in [6, 6.07) is 18.4. The lowest BCUT2D eigenvalue weighted by Crippen LogP contribution is -2.28. The molecule has 5 rings (SSSR count). The Morgan fingerprint density at radius 1 is 1.00 bits per heavy atom. The number of nitrogens with one attached hydrogen (secondary N) is 1. The second-order valence-electron chi connectivity index (χ2n) is 12.2. The van der Waals surface area contributed by atoms with Gasteiger partial charge in [0.1, 0.15) is 18.1 Å². The summed E-state index contributed by atoms with van der Waals surface area (Å²) in [6.07, 6.45) is 9.02. The first kappa shape index (κ1) is 35.2. The van der Waals surface area contributed by atoms with Crippen molar-refractivity contribution in [1.82, 2.24) is 20.0 Å². The highest BCUT2D eigenvalue weighted by Crippen LogP contribution is 2.38. The summed E-state index contributed by atoms with van der Waals surface area (Å²) < 4.78 is 15.5. The van der Waals surface area contributed by atoms with E-state index in [1.54, 1.807) is 0 Å². The van der Waals surface area contributed by atoms with Gasteiger partial charge in [-0.1, -0.05) is 41.9 Å². The van der Waals surface area contributed by atoms with Crippen LogP contribution in [0.5, 0.6) is 11.5 Å².